The molecule has 1 heterocycles. The van der Waals surface area contributed by atoms with Crippen LogP contribution in [0.5, 0.6) is 0 Å². The van der Waals surface area contributed by atoms with Gasteiger partial charge < -0.3 is 18.9 Å². The van der Waals surface area contributed by atoms with Crippen LogP contribution in [0.25, 0.3) is 0 Å². The van der Waals surface area contributed by atoms with E-state index in [1.54, 1.807) is 0 Å². The first kappa shape index (κ1) is 15.4. The molecule has 0 aromatic heterocycles. The van der Waals surface area contributed by atoms with Crippen LogP contribution < -0.4 is 0 Å². The molecule has 0 bridgehead atoms. The molecule has 1 unspecified atom stereocenters. The topological polar surface area (TPSA) is 36.9 Å². The van der Waals surface area contributed by atoms with Gasteiger partial charge in [-0.1, -0.05) is 0 Å². The molecule has 1 rings (SSSR count). The normalized spacial score (nSPS) is 23.5. The lowest BCUT2D eigenvalue weighted by atomic mass is 10.1. The highest BCUT2D eigenvalue weighted by Gasteiger charge is 2.37. The average Bonchev–Trinajstić information content (AvgIpc) is 2.36. The quantitative estimate of drug-likeness (QED) is 0.521. The molecular weight excluding hydrogens is 248 g/mol. The molecule has 106 valence electrons. The van der Waals surface area contributed by atoms with Crippen LogP contribution in [0, 0.1) is 0 Å². The molecule has 5 heteroatoms. The van der Waals surface area contributed by atoms with Gasteiger partial charge in [-0.3, -0.25) is 0 Å². The van der Waals surface area contributed by atoms with Crippen molar-refractivity contribution in [2.75, 3.05) is 26.4 Å². The summed E-state index contributed by atoms with van der Waals surface area (Å²) in [4.78, 5) is 0. The first-order chi connectivity index (χ1) is 8.68. The Labute approximate surface area is 113 Å². The molecule has 1 saturated heterocycles. The first-order valence-corrected chi connectivity index (χ1v) is 7.95. The third-order valence-corrected chi connectivity index (χ3v) is 4.22. The summed E-state index contributed by atoms with van der Waals surface area (Å²) >= 11 is 0. The van der Waals surface area contributed by atoms with Gasteiger partial charge in [0, 0.05) is 6.61 Å². The molecule has 18 heavy (non-hydrogen) atoms. The zero-order valence-electron chi connectivity index (χ0n) is 12.1. The van der Waals surface area contributed by atoms with E-state index in [-0.39, 0.29) is 5.22 Å². The van der Waals surface area contributed by atoms with E-state index in [0.717, 1.165) is 35.5 Å². The minimum atomic E-state index is -0.284. The maximum atomic E-state index is 5.97. The molecular formula is C13H26O4Si. The van der Waals surface area contributed by atoms with Gasteiger partial charge in [-0.15, -0.1) is 0 Å². The fourth-order valence-corrected chi connectivity index (χ4v) is 3.03. The third-order valence-electron chi connectivity index (χ3n) is 2.97. The van der Waals surface area contributed by atoms with E-state index < -0.39 is 0 Å². The van der Waals surface area contributed by atoms with Crippen molar-refractivity contribution in [3.8, 4) is 0 Å². The predicted molar refractivity (Wildman–Crippen MR) is 74.4 cm³/mol. The molecule has 0 saturated carbocycles. The van der Waals surface area contributed by atoms with Crippen molar-refractivity contribution in [1.29, 1.82) is 0 Å². The highest BCUT2D eigenvalue weighted by molar-refractivity contribution is 6.16. The fraction of sp³-hybridized carbons (Fsp3) is 0.846. The highest BCUT2D eigenvalue weighted by atomic mass is 28.1. The van der Waals surface area contributed by atoms with E-state index in [1.165, 1.54) is 6.42 Å². The van der Waals surface area contributed by atoms with Crippen LogP contribution in [0.3, 0.4) is 0 Å². The minimum Gasteiger partial charge on any atom is -0.489 e. The Morgan fingerprint density at radius 3 is 2.11 bits per heavy atom. The summed E-state index contributed by atoms with van der Waals surface area (Å²) in [5.41, 5.74) is 0. The average molecular weight is 274 g/mol. The lowest BCUT2D eigenvalue weighted by Crippen LogP contribution is -2.41. The maximum Gasteiger partial charge on any atom is 0.321 e. The van der Waals surface area contributed by atoms with E-state index in [0.29, 0.717) is 25.8 Å². The van der Waals surface area contributed by atoms with Crippen molar-refractivity contribution in [2.45, 2.75) is 45.3 Å². The molecule has 1 fully saturated rings. The lowest BCUT2D eigenvalue weighted by molar-refractivity contribution is -0.0556. The molecule has 1 aliphatic rings. The number of ether oxygens (including phenoxy) is 4. The van der Waals surface area contributed by atoms with Crippen molar-refractivity contribution >= 4 is 10.2 Å². The van der Waals surface area contributed by atoms with Gasteiger partial charge >= 0.3 is 5.95 Å². The molecule has 0 aromatic carbocycles. The van der Waals surface area contributed by atoms with Crippen LogP contribution in [0.1, 0.15) is 40.0 Å². The second-order valence-electron chi connectivity index (χ2n) is 4.45. The number of rotatable bonds is 7. The van der Waals surface area contributed by atoms with Gasteiger partial charge in [0.25, 0.3) is 0 Å². The summed E-state index contributed by atoms with van der Waals surface area (Å²) in [6.07, 6.45) is 3.30. The Hall–Kier alpha value is -0.683. The third kappa shape index (κ3) is 3.92. The lowest BCUT2D eigenvalue weighted by Gasteiger charge is -2.36. The maximum absolute atomic E-state index is 5.97. The standard InChI is InChI=1S/C13H26O4Si/c1-4-14-11(12(15-5-2)16-6-3)13(18)9-7-8-10-17-13/h4-10H2,1-3,18H3. The smallest absolute Gasteiger partial charge is 0.321 e. The number of hydrogen-bond donors (Lipinski definition) is 0. The molecule has 0 aliphatic carbocycles. The summed E-state index contributed by atoms with van der Waals surface area (Å²) in [7, 11) is 0.874. The molecule has 0 amide bonds. The van der Waals surface area contributed by atoms with E-state index in [1.807, 2.05) is 20.8 Å². The van der Waals surface area contributed by atoms with Crippen LogP contribution in [0.2, 0.25) is 0 Å². The Morgan fingerprint density at radius 2 is 1.67 bits per heavy atom. The predicted octanol–water partition coefficient (Wildman–Crippen LogP) is 1.53. The van der Waals surface area contributed by atoms with Crippen LogP contribution in [0.4, 0.5) is 0 Å². The van der Waals surface area contributed by atoms with E-state index >= 15 is 0 Å². The zero-order chi connectivity index (χ0) is 13.4. The Balaban J connectivity index is 2.98. The van der Waals surface area contributed by atoms with Crippen molar-refractivity contribution in [2.24, 2.45) is 0 Å². The molecule has 0 N–H and O–H groups in total. The summed E-state index contributed by atoms with van der Waals surface area (Å²) in [6.45, 7) is 8.42. The monoisotopic (exact) mass is 274 g/mol. The van der Waals surface area contributed by atoms with Gasteiger partial charge in [-0.25, -0.2) is 0 Å². The van der Waals surface area contributed by atoms with E-state index in [4.69, 9.17) is 18.9 Å². The second-order valence-corrected chi connectivity index (χ2v) is 6.07. The summed E-state index contributed by atoms with van der Waals surface area (Å²) in [6, 6.07) is 0. The van der Waals surface area contributed by atoms with E-state index in [9.17, 15) is 0 Å². The van der Waals surface area contributed by atoms with Crippen LogP contribution in [0.15, 0.2) is 11.7 Å². The molecule has 1 atom stereocenters. The molecule has 0 spiro atoms. The summed E-state index contributed by atoms with van der Waals surface area (Å²) in [5, 5.41) is -0.284. The van der Waals surface area contributed by atoms with Gasteiger partial charge in [-0.05, 0) is 40.0 Å². The second kappa shape index (κ2) is 7.69. The van der Waals surface area contributed by atoms with Gasteiger partial charge in [0.2, 0.25) is 5.76 Å². The van der Waals surface area contributed by atoms with Gasteiger partial charge in [-0.2, -0.15) is 0 Å². The fourth-order valence-electron chi connectivity index (χ4n) is 2.12. The van der Waals surface area contributed by atoms with Crippen molar-refractivity contribution in [1.82, 2.24) is 0 Å². The van der Waals surface area contributed by atoms with Gasteiger partial charge in [0.05, 0.1) is 30.1 Å². The summed E-state index contributed by atoms with van der Waals surface area (Å²) in [5.74, 6) is 1.28. The van der Waals surface area contributed by atoms with Crippen LogP contribution in [-0.4, -0.2) is 41.9 Å². The Bertz CT molecular complexity index is 264. The molecule has 0 radical (unpaired) electrons. The van der Waals surface area contributed by atoms with Crippen LogP contribution in [-0.2, 0) is 18.9 Å². The molecule has 4 nitrogen and oxygen atoms in total. The zero-order valence-corrected chi connectivity index (χ0v) is 14.1. The van der Waals surface area contributed by atoms with Crippen molar-refractivity contribution in [3.63, 3.8) is 0 Å². The first-order valence-electron chi connectivity index (χ1n) is 6.95. The van der Waals surface area contributed by atoms with Crippen molar-refractivity contribution in [3.05, 3.63) is 11.7 Å². The SMILES string of the molecule is CCOC(OCC)=C(OCC)C1([SiH3])CCCCO1. The largest absolute Gasteiger partial charge is 0.489 e. The highest BCUT2D eigenvalue weighted by Crippen LogP contribution is 2.32. The van der Waals surface area contributed by atoms with Gasteiger partial charge in [0.15, 0.2) is 0 Å². The van der Waals surface area contributed by atoms with Crippen molar-refractivity contribution < 1.29 is 18.9 Å². The van der Waals surface area contributed by atoms with Gasteiger partial charge in [0.1, 0.15) is 5.22 Å². The summed E-state index contributed by atoms with van der Waals surface area (Å²) < 4.78 is 22.9. The number of hydrogen-bond acceptors (Lipinski definition) is 4. The molecule has 0 aromatic rings. The Morgan fingerprint density at radius 1 is 1.06 bits per heavy atom. The molecule has 1 aliphatic heterocycles. The van der Waals surface area contributed by atoms with Crippen LogP contribution >= 0.6 is 0 Å². The Kier molecular flexibility index (Phi) is 6.57. The van der Waals surface area contributed by atoms with E-state index in [2.05, 4.69) is 0 Å². The minimum absolute atomic E-state index is 0.284.